The first-order valence-electron chi connectivity index (χ1n) is 11.0. The van der Waals surface area contributed by atoms with Gasteiger partial charge in [0.2, 0.25) is 0 Å². The number of likely N-dealkylation sites (tertiary alicyclic amines) is 1. The number of benzene rings is 2. The number of ether oxygens (including phenoxy) is 2. The third-order valence-electron chi connectivity index (χ3n) is 5.88. The zero-order valence-corrected chi connectivity index (χ0v) is 18.1. The molecule has 0 radical (unpaired) electrons. The van der Waals surface area contributed by atoms with Crippen LogP contribution in [0.25, 0.3) is 0 Å². The minimum atomic E-state index is -4.74. The van der Waals surface area contributed by atoms with Crippen molar-refractivity contribution in [1.29, 1.82) is 0 Å². The van der Waals surface area contributed by atoms with Crippen LogP contribution in [-0.2, 0) is 13.0 Å². The molecule has 2 aromatic rings. The fourth-order valence-corrected chi connectivity index (χ4v) is 4.05. The summed E-state index contributed by atoms with van der Waals surface area (Å²) in [4.78, 5) is 15.0. The van der Waals surface area contributed by atoms with Gasteiger partial charge in [-0.1, -0.05) is 12.1 Å². The van der Waals surface area contributed by atoms with Crippen LogP contribution in [0.4, 0.5) is 13.2 Å². The molecule has 2 aliphatic heterocycles. The maximum Gasteiger partial charge on any atom is 0.417 e. The monoisotopic (exact) mass is 464 g/mol. The molecule has 2 aromatic carbocycles. The van der Waals surface area contributed by atoms with Crippen LogP contribution in [0, 0.1) is 0 Å². The Labute approximate surface area is 190 Å². The number of fused-ring (bicyclic) bond motifs is 1. The van der Waals surface area contributed by atoms with Gasteiger partial charge in [0.15, 0.2) is 6.10 Å². The molecule has 1 unspecified atom stereocenters. The number of aliphatic hydroxyl groups is 1. The van der Waals surface area contributed by atoms with E-state index in [4.69, 9.17) is 14.6 Å². The van der Waals surface area contributed by atoms with Crippen molar-refractivity contribution in [3.05, 3.63) is 59.2 Å². The van der Waals surface area contributed by atoms with E-state index in [1.807, 2.05) is 0 Å². The van der Waals surface area contributed by atoms with Gasteiger partial charge < -0.3 is 19.9 Å². The highest BCUT2D eigenvalue weighted by Crippen LogP contribution is 2.27. The van der Waals surface area contributed by atoms with E-state index in [1.54, 1.807) is 0 Å². The molecule has 1 fully saturated rings. The summed E-state index contributed by atoms with van der Waals surface area (Å²) in [6.07, 6.45) is -4.15. The number of halogens is 3. The second-order valence-corrected chi connectivity index (χ2v) is 8.50. The zero-order valence-electron chi connectivity index (χ0n) is 18.1. The van der Waals surface area contributed by atoms with Crippen molar-refractivity contribution < 1.29 is 32.5 Å². The van der Waals surface area contributed by atoms with Gasteiger partial charge in [-0.2, -0.15) is 13.2 Å². The summed E-state index contributed by atoms with van der Waals surface area (Å²) in [5.41, 5.74) is 2.62. The van der Waals surface area contributed by atoms with Crippen molar-refractivity contribution in [2.75, 3.05) is 26.3 Å². The highest BCUT2D eigenvalue weighted by molar-refractivity contribution is 5.94. The Morgan fingerprint density at radius 1 is 1.18 bits per heavy atom. The average Bonchev–Trinajstić information content (AvgIpc) is 3.30. The van der Waals surface area contributed by atoms with Gasteiger partial charge >= 0.3 is 6.18 Å². The van der Waals surface area contributed by atoms with E-state index in [0.717, 1.165) is 30.9 Å². The topological polar surface area (TPSA) is 71.0 Å². The summed E-state index contributed by atoms with van der Waals surface area (Å²) in [6, 6.07) is 11.8. The van der Waals surface area contributed by atoms with Crippen molar-refractivity contribution in [3.63, 3.8) is 0 Å². The summed E-state index contributed by atoms with van der Waals surface area (Å²) in [5.74, 6) is 0.689. The molecule has 4 rings (SSSR count). The number of carbonyl (C=O) groups excluding carboxylic acids is 1. The molecule has 9 heteroatoms. The zero-order chi connectivity index (χ0) is 23.4. The van der Waals surface area contributed by atoms with Crippen LogP contribution >= 0.6 is 0 Å². The normalized spacial score (nSPS) is 19.5. The predicted octanol–water partition coefficient (Wildman–Crippen LogP) is 3.32. The van der Waals surface area contributed by atoms with Crippen molar-refractivity contribution >= 4 is 5.91 Å². The smallest absolute Gasteiger partial charge is 0.417 e. The molecule has 1 amide bonds. The SMILES string of the molecule is O=C(N[C@H]1COc2cc(CN3CCCC3)ccc2C1)c1ccc(OCC(O)C(F)(F)F)cc1. The van der Waals surface area contributed by atoms with Gasteiger partial charge in [-0.25, -0.2) is 0 Å². The van der Waals surface area contributed by atoms with Crippen LogP contribution in [0.3, 0.4) is 0 Å². The van der Waals surface area contributed by atoms with E-state index in [0.29, 0.717) is 18.6 Å². The number of hydrogen-bond acceptors (Lipinski definition) is 5. The molecule has 0 saturated carbocycles. The van der Waals surface area contributed by atoms with Crippen molar-refractivity contribution in [3.8, 4) is 11.5 Å². The van der Waals surface area contributed by atoms with E-state index in [9.17, 15) is 18.0 Å². The standard InChI is InChI=1S/C24H27F3N2O4/c25-24(26,27)22(30)15-32-20-7-5-17(6-8-20)23(31)28-19-12-18-4-3-16(11-21(18)33-14-19)13-29-9-1-2-10-29/h3-8,11,19,22,30H,1-2,9-10,12-15H2,(H,28,31)/t19-,22?/m1/s1. The van der Waals surface area contributed by atoms with Gasteiger partial charge in [0.05, 0.1) is 6.04 Å². The predicted molar refractivity (Wildman–Crippen MR) is 115 cm³/mol. The number of alkyl halides is 3. The van der Waals surface area contributed by atoms with Crippen molar-refractivity contribution in [2.45, 2.75) is 44.1 Å². The van der Waals surface area contributed by atoms with E-state index in [1.165, 1.54) is 42.7 Å². The van der Waals surface area contributed by atoms with Crippen LogP contribution in [0.1, 0.15) is 34.3 Å². The Morgan fingerprint density at radius 3 is 2.61 bits per heavy atom. The number of amides is 1. The quantitative estimate of drug-likeness (QED) is 0.658. The maximum atomic E-state index is 12.6. The molecular formula is C24H27F3N2O4. The number of rotatable bonds is 7. The largest absolute Gasteiger partial charge is 0.491 e. The van der Waals surface area contributed by atoms with Crippen LogP contribution in [0.5, 0.6) is 11.5 Å². The fourth-order valence-electron chi connectivity index (χ4n) is 4.05. The molecule has 0 aliphatic carbocycles. The minimum Gasteiger partial charge on any atom is -0.491 e. The highest BCUT2D eigenvalue weighted by Gasteiger charge is 2.38. The Morgan fingerprint density at radius 2 is 1.91 bits per heavy atom. The lowest BCUT2D eigenvalue weighted by Gasteiger charge is -2.27. The van der Waals surface area contributed by atoms with Crippen molar-refractivity contribution in [1.82, 2.24) is 10.2 Å². The number of nitrogens with zero attached hydrogens (tertiary/aromatic N) is 1. The second-order valence-electron chi connectivity index (χ2n) is 8.50. The first-order valence-corrected chi connectivity index (χ1v) is 11.0. The highest BCUT2D eigenvalue weighted by atomic mass is 19.4. The Balaban J connectivity index is 1.28. The Bertz CT molecular complexity index is 959. The van der Waals surface area contributed by atoms with Crippen molar-refractivity contribution in [2.24, 2.45) is 0 Å². The van der Waals surface area contributed by atoms with E-state index >= 15 is 0 Å². The summed E-state index contributed by atoms with van der Waals surface area (Å²) in [5, 5.41) is 11.9. The van der Waals surface area contributed by atoms with Gasteiger partial charge in [-0.3, -0.25) is 9.69 Å². The first-order chi connectivity index (χ1) is 15.8. The molecule has 0 bridgehead atoms. The van der Waals surface area contributed by atoms with Gasteiger partial charge in [0, 0.05) is 12.1 Å². The number of aliphatic hydroxyl groups excluding tert-OH is 1. The summed E-state index contributed by atoms with van der Waals surface area (Å²) in [7, 11) is 0. The third kappa shape index (κ3) is 6.17. The molecule has 2 N–H and O–H groups in total. The van der Waals surface area contributed by atoms with Crippen LogP contribution < -0.4 is 14.8 Å². The average molecular weight is 464 g/mol. The van der Waals surface area contributed by atoms with Crippen LogP contribution in [0.2, 0.25) is 0 Å². The van der Waals surface area contributed by atoms with Crippen LogP contribution in [0.15, 0.2) is 42.5 Å². The molecule has 178 valence electrons. The molecule has 6 nitrogen and oxygen atoms in total. The molecule has 1 saturated heterocycles. The molecule has 2 atom stereocenters. The Kier molecular flexibility index (Phi) is 7.09. The molecule has 2 heterocycles. The first kappa shape index (κ1) is 23.4. The Hall–Kier alpha value is -2.78. The summed E-state index contributed by atoms with van der Waals surface area (Å²) >= 11 is 0. The second kappa shape index (κ2) is 10.0. The van der Waals surface area contributed by atoms with Crippen LogP contribution in [-0.4, -0.2) is 60.5 Å². The molecule has 0 aromatic heterocycles. The van der Waals surface area contributed by atoms with Gasteiger partial charge in [0.1, 0.15) is 24.7 Å². The summed E-state index contributed by atoms with van der Waals surface area (Å²) in [6.45, 7) is 2.64. The lowest BCUT2D eigenvalue weighted by molar-refractivity contribution is -0.210. The van der Waals surface area contributed by atoms with E-state index in [-0.39, 0.29) is 17.7 Å². The summed E-state index contributed by atoms with van der Waals surface area (Å²) < 4.78 is 47.9. The van der Waals surface area contributed by atoms with Gasteiger partial charge in [-0.15, -0.1) is 0 Å². The number of nitrogens with one attached hydrogen (secondary N) is 1. The lowest BCUT2D eigenvalue weighted by atomic mass is 10.00. The van der Waals surface area contributed by atoms with E-state index < -0.39 is 18.9 Å². The van der Waals surface area contributed by atoms with E-state index in [2.05, 4.69) is 28.4 Å². The third-order valence-corrected chi connectivity index (χ3v) is 5.88. The van der Waals surface area contributed by atoms with Gasteiger partial charge in [0.25, 0.3) is 5.91 Å². The molecule has 0 spiro atoms. The van der Waals surface area contributed by atoms with Gasteiger partial charge in [-0.05, 0) is 73.8 Å². The maximum absolute atomic E-state index is 12.6. The molecule has 33 heavy (non-hydrogen) atoms. The fraction of sp³-hybridized carbons (Fsp3) is 0.458. The molecule has 2 aliphatic rings. The minimum absolute atomic E-state index is 0.134. The molecular weight excluding hydrogens is 437 g/mol. The number of carbonyl (C=O) groups is 1. The lowest BCUT2D eigenvalue weighted by Crippen LogP contribution is -2.42. The number of hydrogen-bond donors (Lipinski definition) is 2.